The average molecular weight is 418 g/mol. The van der Waals surface area contributed by atoms with Crippen molar-refractivity contribution in [2.24, 2.45) is 7.05 Å². The lowest BCUT2D eigenvalue weighted by Crippen LogP contribution is -2.46. The first-order chi connectivity index (χ1) is 14.3. The number of pyridine rings is 1. The highest BCUT2D eigenvalue weighted by atomic mass is 19.4. The molecule has 3 N–H and O–H groups in total. The van der Waals surface area contributed by atoms with Gasteiger partial charge in [0.2, 0.25) is 5.95 Å². The molecule has 7 nitrogen and oxygen atoms in total. The zero-order valence-electron chi connectivity index (χ0n) is 16.3. The molecule has 30 heavy (non-hydrogen) atoms. The minimum absolute atomic E-state index is 0.0519. The van der Waals surface area contributed by atoms with Crippen molar-refractivity contribution in [1.29, 1.82) is 0 Å². The highest BCUT2D eigenvalue weighted by molar-refractivity contribution is 5.94. The third kappa shape index (κ3) is 3.24. The Balaban J connectivity index is 1.53. The lowest BCUT2D eigenvalue weighted by molar-refractivity contribution is -0.137. The van der Waals surface area contributed by atoms with Gasteiger partial charge >= 0.3 is 6.18 Å². The summed E-state index contributed by atoms with van der Waals surface area (Å²) in [4.78, 5) is 23.3. The fraction of sp³-hybridized carbons (Fsp3) is 0.450. The summed E-state index contributed by atoms with van der Waals surface area (Å²) in [5.41, 5.74) is -0.764. The highest BCUT2D eigenvalue weighted by Gasteiger charge is 2.44. The van der Waals surface area contributed by atoms with E-state index in [0.717, 1.165) is 25.6 Å². The number of alkyl halides is 3. The molecule has 0 aromatic carbocycles. The summed E-state index contributed by atoms with van der Waals surface area (Å²) in [6, 6.07) is 1.66. The van der Waals surface area contributed by atoms with E-state index < -0.39 is 11.7 Å². The van der Waals surface area contributed by atoms with E-state index >= 15 is 0 Å². The number of nitrogens with one attached hydrogen (secondary N) is 3. The molecule has 0 bridgehead atoms. The Morgan fingerprint density at radius 1 is 1.30 bits per heavy atom. The first-order valence-corrected chi connectivity index (χ1v) is 9.89. The second-order valence-electron chi connectivity index (χ2n) is 8.22. The monoisotopic (exact) mass is 418 g/mol. The van der Waals surface area contributed by atoms with Crippen LogP contribution in [0.15, 0.2) is 29.5 Å². The largest absolute Gasteiger partial charge is 0.419 e. The van der Waals surface area contributed by atoms with Crippen LogP contribution in [0.5, 0.6) is 0 Å². The van der Waals surface area contributed by atoms with Gasteiger partial charge in [0, 0.05) is 54.7 Å². The number of aryl methyl sites for hydroxylation is 1. The van der Waals surface area contributed by atoms with Crippen LogP contribution in [-0.2, 0) is 13.2 Å². The van der Waals surface area contributed by atoms with E-state index in [1.807, 2.05) is 0 Å². The number of halogens is 3. The summed E-state index contributed by atoms with van der Waals surface area (Å²) in [6.07, 6.45) is 3.41. The number of rotatable bonds is 3. The molecule has 0 radical (unpaired) electrons. The average Bonchev–Trinajstić information content (AvgIpc) is 3.32. The molecule has 10 heteroatoms. The van der Waals surface area contributed by atoms with Gasteiger partial charge in [0.1, 0.15) is 11.1 Å². The van der Waals surface area contributed by atoms with Crippen molar-refractivity contribution in [2.45, 2.75) is 43.4 Å². The zero-order valence-corrected chi connectivity index (χ0v) is 16.3. The molecule has 1 saturated carbocycles. The minimum atomic E-state index is -4.62. The Bertz CT molecular complexity index is 1170. The second-order valence-corrected chi connectivity index (χ2v) is 8.22. The predicted octanol–water partition coefficient (Wildman–Crippen LogP) is 3.04. The van der Waals surface area contributed by atoms with Gasteiger partial charge in [-0.1, -0.05) is 0 Å². The molecule has 1 aliphatic heterocycles. The fourth-order valence-electron chi connectivity index (χ4n) is 4.14. The fourth-order valence-corrected chi connectivity index (χ4v) is 4.14. The number of aromatic nitrogens is 4. The number of hydrogen-bond donors (Lipinski definition) is 3. The van der Waals surface area contributed by atoms with E-state index in [-0.39, 0.29) is 39.9 Å². The van der Waals surface area contributed by atoms with Crippen molar-refractivity contribution in [3.8, 4) is 11.3 Å². The number of fused-ring (bicyclic) bond motifs is 1. The van der Waals surface area contributed by atoms with E-state index in [1.54, 1.807) is 13.1 Å². The number of aromatic amines is 1. The molecular formula is C20H21F3N6O. The Kier molecular flexibility index (Phi) is 4.18. The summed E-state index contributed by atoms with van der Waals surface area (Å²) in [5, 5.41) is 7.07. The van der Waals surface area contributed by atoms with Crippen LogP contribution in [0.3, 0.4) is 0 Å². The van der Waals surface area contributed by atoms with Gasteiger partial charge in [-0.2, -0.15) is 13.2 Å². The molecule has 2 aliphatic rings. The Morgan fingerprint density at radius 3 is 2.77 bits per heavy atom. The van der Waals surface area contributed by atoms with Crippen molar-refractivity contribution in [3.05, 3.63) is 40.6 Å². The van der Waals surface area contributed by atoms with Gasteiger partial charge in [-0.05, 0) is 31.7 Å². The molecule has 158 valence electrons. The molecule has 1 unspecified atom stereocenters. The number of piperidine rings is 1. The van der Waals surface area contributed by atoms with Gasteiger partial charge in [0.05, 0.1) is 5.69 Å². The van der Waals surface area contributed by atoms with Gasteiger partial charge in [0.15, 0.2) is 0 Å². The third-order valence-corrected chi connectivity index (χ3v) is 6.15. The Hall–Kier alpha value is -2.88. The predicted molar refractivity (Wildman–Crippen MR) is 106 cm³/mol. The molecule has 1 aliphatic carbocycles. The van der Waals surface area contributed by atoms with Crippen molar-refractivity contribution < 1.29 is 13.2 Å². The first kappa shape index (κ1) is 19.1. The minimum Gasteiger partial charge on any atom is -0.356 e. The topological polar surface area (TPSA) is 87.6 Å². The highest BCUT2D eigenvalue weighted by Crippen LogP contribution is 2.42. The quantitative estimate of drug-likeness (QED) is 0.609. The second kappa shape index (κ2) is 6.56. The lowest BCUT2D eigenvalue weighted by Gasteiger charge is -2.30. The van der Waals surface area contributed by atoms with E-state index in [9.17, 15) is 18.0 Å². The Labute approximate surface area is 169 Å². The van der Waals surface area contributed by atoms with Crippen LogP contribution in [0.1, 0.15) is 31.2 Å². The molecule has 0 amide bonds. The van der Waals surface area contributed by atoms with Crippen molar-refractivity contribution in [1.82, 2.24) is 24.8 Å². The van der Waals surface area contributed by atoms with E-state index in [2.05, 4.69) is 25.6 Å². The van der Waals surface area contributed by atoms with Crippen LogP contribution >= 0.6 is 0 Å². The van der Waals surface area contributed by atoms with Crippen molar-refractivity contribution in [3.63, 3.8) is 0 Å². The summed E-state index contributed by atoms with van der Waals surface area (Å²) in [7, 11) is 1.58. The van der Waals surface area contributed by atoms with Crippen molar-refractivity contribution >= 4 is 16.9 Å². The van der Waals surface area contributed by atoms with Gasteiger partial charge in [-0.3, -0.25) is 4.79 Å². The standard InChI is InChI=1S/C20H21F3N6O/c1-29-7-3-12-13(9-24-16(12)17(29)30)15-14(20(21,22)23)10-25-18(28-15)27-11-2-4-19(5-6-19)26-8-11/h3,7,9-11,24,26H,2,4-6,8H2,1H3,(H,25,27,28). The molecule has 1 atom stereocenters. The maximum atomic E-state index is 13.7. The van der Waals surface area contributed by atoms with Crippen LogP contribution in [0, 0.1) is 0 Å². The number of nitrogens with zero attached hydrogens (tertiary/aromatic N) is 3. The third-order valence-electron chi connectivity index (χ3n) is 6.15. The lowest BCUT2D eigenvalue weighted by atomic mass is 9.99. The smallest absolute Gasteiger partial charge is 0.356 e. The van der Waals surface area contributed by atoms with Crippen LogP contribution in [-0.4, -0.2) is 37.6 Å². The van der Waals surface area contributed by atoms with E-state index in [4.69, 9.17) is 0 Å². The Morgan fingerprint density at radius 2 is 2.10 bits per heavy atom. The van der Waals surface area contributed by atoms with E-state index in [0.29, 0.717) is 5.39 Å². The van der Waals surface area contributed by atoms with Gasteiger partial charge in [0.25, 0.3) is 5.56 Å². The molecule has 2 fully saturated rings. The molecule has 3 aromatic heterocycles. The first-order valence-electron chi connectivity index (χ1n) is 9.89. The normalized spacial score (nSPS) is 20.6. The molecule has 5 rings (SSSR count). The van der Waals surface area contributed by atoms with Crippen LogP contribution < -0.4 is 16.2 Å². The van der Waals surface area contributed by atoms with Crippen LogP contribution in [0.2, 0.25) is 0 Å². The molecule has 1 saturated heterocycles. The maximum absolute atomic E-state index is 13.7. The zero-order chi connectivity index (χ0) is 21.1. The number of H-pyrrole nitrogens is 1. The van der Waals surface area contributed by atoms with Crippen LogP contribution in [0.25, 0.3) is 22.2 Å². The van der Waals surface area contributed by atoms with Gasteiger partial charge in [-0.25, -0.2) is 9.97 Å². The molecule has 4 heterocycles. The summed E-state index contributed by atoms with van der Waals surface area (Å²) < 4.78 is 42.4. The van der Waals surface area contributed by atoms with Gasteiger partial charge < -0.3 is 20.2 Å². The van der Waals surface area contributed by atoms with E-state index in [1.165, 1.54) is 29.8 Å². The molecular weight excluding hydrogens is 397 g/mol. The van der Waals surface area contributed by atoms with Gasteiger partial charge in [-0.15, -0.1) is 0 Å². The summed E-state index contributed by atoms with van der Waals surface area (Å²) in [6.45, 7) is 0.725. The van der Waals surface area contributed by atoms with Crippen molar-refractivity contribution in [2.75, 3.05) is 11.9 Å². The molecule has 3 aromatic rings. The maximum Gasteiger partial charge on any atom is 0.419 e. The molecule has 1 spiro atoms. The summed E-state index contributed by atoms with van der Waals surface area (Å²) in [5.74, 6) is 0.148. The summed E-state index contributed by atoms with van der Waals surface area (Å²) >= 11 is 0. The SMILES string of the molecule is Cn1ccc2c(-c3nc(NC4CCC5(CC5)NC4)ncc3C(F)(F)F)c[nH]c2c1=O. The van der Waals surface area contributed by atoms with Crippen LogP contribution in [0.4, 0.5) is 19.1 Å². The number of hydrogen-bond acceptors (Lipinski definition) is 5. The number of anilines is 1.